The molecule has 2 amide bonds. The number of rotatable bonds is 6. The van der Waals surface area contributed by atoms with Gasteiger partial charge in [-0.2, -0.15) is 0 Å². The Kier molecular flexibility index (Phi) is 6.29. The average molecular weight is 388 g/mol. The van der Waals surface area contributed by atoms with Crippen molar-refractivity contribution in [1.82, 2.24) is 0 Å². The van der Waals surface area contributed by atoms with Gasteiger partial charge in [-0.3, -0.25) is 9.59 Å². The molecular formula is C24H24N2O3. The van der Waals surface area contributed by atoms with E-state index in [0.29, 0.717) is 11.4 Å². The number of hydrogen-bond acceptors (Lipinski definition) is 3. The second kappa shape index (κ2) is 9.06. The lowest BCUT2D eigenvalue weighted by molar-refractivity contribution is -0.122. The maximum absolute atomic E-state index is 12.5. The van der Waals surface area contributed by atoms with Gasteiger partial charge in [-0.1, -0.05) is 42.5 Å². The van der Waals surface area contributed by atoms with E-state index in [4.69, 9.17) is 4.74 Å². The number of ether oxygens (including phenoxy) is 1. The highest BCUT2D eigenvalue weighted by molar-refractivity contribution is 5.95. The molecule has 0 saturated carbocycles. The van der Waals surface area contributed by atoms with Crippen molar-refractivity contribution in [1.29, 1.82) is 0 Å². The summed E-state index contributed by atoms with van der Waals surface area (Å²) in [5.74, 6) is 0.249. The minimum atomic E-state index is -0.659. The number of carbonyl (C=O) groups excluding carboxylic acids is 2. The Labute approximate surface area is 170 Å². The molecule has 5 heteroatoms. The quantitative estimate of drug-likeness (QED) is 0.623. The van der Waals surface area contributed by atoms with Crippen molar-refractivity contribution < 1.29 is 14.3 Å². The lowest BCUT2D eigenvalue weighted by Crippen LogP contribution is -2.30. The zero-order valence-corrected chi connectivity index (χ0v) is 16.7. The van der Waals surface area contributed by atoms with E-state index in [1.165, 1.54) is 6.92 Å². The van der Waals surface area contributed by atoms with E-state index in [2.05, 4.69) is 10.6 Å². The van der Waals surface area contributed by atoms with Crippen molar-refractivity contribution in [2.75, 3.05) is 10.6 Å². The van der Waals surface area contributed by atoms with Gasteiger partial charge in [-0.15, -0.1) is 0 Å². The number of amides is 2. The molecule has 0 radical (unpaired) electrons. The van der Waals surface area contributed by atoms with Crippen molar-refractivity contribution in [3.63, 3.8) is 0 Å². The summed E-state index contributed by atoms with van der Waals surface area (Å²) in [6.07, 6.45) is -0.659. The SMILES string of the molecule is CC(=O)Nc1ccc(NC(=O)C(C)Oc2ccc(-c3ccccc3)cc2)cc1C. The summed E-state index contributed by atoms with van der Waals surface area (Å²) in [4.78, 5) is 23.7. The molecule has 0 aromatic heterocycles. The molecule has 0 spiro atoms. The fraction of sp³-hybridized carbons (Fsp3) is 0.167. The molecular weight excluding hydrogens is 364 g/mol. The molecule has 148 valence electrons. The van der Waals surface area contributed by atoms with Gasteiger partial charge in [0.1, 0.15) is 5.75 Å². The van der Waals surface area contributed by atoms with Crippen LogP contribution in [0.4, 0.5) is 11.4 Å². The summed E-state index contributed by atoms with van der Waals surface area (Å²) < 4.78 is 5.78. The number of benzene rings is 3. The molecule has 0 bridgehead atoms. The van der Waals surface area contributed by atoms with Crippen LogP contribution in [0.1, 0.15) is 19.4 Å². The van der Waals surface area contributed by atoms with E-state index >= 15 is 0 Å². The summed E-state index contributed by atoms with van der Waals surface area (Å²) in [6, 6.07) is 23.1. The monoisotopic (exact) mass is 388 g/mol. The van der Waals surface area contributed by atoms with Crippen molar-refractivity contribution >= 4 is 23.2 Å². The Morgan fingerprint density at radius 2 is 1.52 bits per heavy atom. The van der Waals surface area contributed by atoms with Crippen LogP contribution in [0.2, 0.25) is 0 Å². The largest absolute Gasteiger partial charge is 0.481 e. The van der Waals surface area contributed by atoms with E-state index in [1.807, 2.05) is 67.6 Å². The molecule has 3 rings (SSSR count). The van der Waals surface area contributed by atoms with Crippen LogP contribution in [0.3, 0.4) is 0 Å². The van der Waals surface area contributed by atoms with Gasteiger partial charge in [0.2, 0.25) is 5.91 Å². The Bertz CT molecular complexity index is 998. The first-order valence-electron chi connectivity index (χ1n) is 9.43. The molecule has 2 N–H and O–H groups in total. The predicted molar refractivity (Wildman–Crippen MR) is 116 cm³/mol. The standard InChI is InChI=1S/C24H24N2O3/c1-16-15-21(11-14-23(16)25-18(3)27)26-24(28)17(2)29-22-12-9-20(10-13-22)19-7-5-4-6-8-19/h4-15,17H,1-3H3,(H,25,27)(H,26,28). The van der Waals surface area contributed by atoms with Crippen molar-refractivity contribution in [2.24, 2.45) is 0 Å². The molecule has 1 atom stereocenters. The maximum Gasteiger partial charge on any atom is 0.265 e. The van der Waals surface area contributed by atoms with E-state index in [1.54, 1.807) is 19.1 Å². The molecule has 1 unspecified atom stereocenters. The van der Waals surface area contributed by atoms with E-state index in [-0.39, 0.29) is 11.8 Å². The van der Waals surface area contributed by atoms with Crippen LogP contribution in [0.15, 0.2) is 72.8 Å². The maximum atomic E-state index is 12.5. The molecule has 0 aliphatic rings. The lowest BCUT2D eigenvalue weighted by atomic mass is 10.1. The first-order chi connectivity index (χ1) is 13.9. The molecule has 0 saturated heterocycles. The van der Waals surface area contributed by atoms with Gasteiger partial charge in [0.25, 0.3) is 5.91 Å². The number of aryl methyl sites for hydroxylation is 1. The average Bonchev–Trinajstić information content (AvgIpc) is 2.71. The highest BCUT2D eigenvalue weighted by Gasteiger charge is 2.15. The first-order valence-corrected chi connectivity index (χ1v) is 9.43. The van der Waals surface area contributed by atoms with E-state index in [0.717, 1.165) is 22.4 Å². The molecule has 0 heterocycles. The van der Waals surface area contributed by atoms with Crippen LogP contribution in [-0.4, -0.2) is 17.9 Å². The summed E-state index contributed by atoms with van der Waals surface area (Å²) >= 11 is 0. The number of carbonyl (C=O) groups is 2. The first kappa shape index (κ1) is 20.1. The Morgan fingerprint density at radius 1 is 0.862 bits per heavy atom. The zero-order valence-electron chi connectivity index (χ0n) is 16.7. The highest BCUT2D eigenvalue weighted by Crippen LogP contribution is 2.23. The summed E-state index contributed by atoms with van der Waals surface area (Å²) in [7, 11) is 0. The minimum absolute atomic E-state index is 0.134. The van der Waals surface area contributed by atoms with Crippen molar-refractivity contribution in [3.05, 3.63) is 78.4 Å². The van der Waals surface area contributed by atoms with Crippen LogP contribution < -0.4 is 15.4 Å². The van der Waals surface area contributed by atoms with E-state index in [9.17, 15) is 9.59 Å². The third-order valence-electron chi connectivity index (χ3n) is 4.45. The number of hydrogen-bond donors (Lipinski definition) is 2. The smallest absolute Gasteiger partial charge is 0.265 e. The molecule has 0 aliphatic heterocycles. The van der Waals surface area contributed by atoms with Gasteiger partial charge in [0, 0.05) is 18.3 Å². The molecule has 0 fully saturated rings. The Morgan fingerprint density at radius 3 is 2.14 bits per heavy atom. The second-order valence-electron chi connectivity index (χ2n) is 6.85. The molecule has 3 aromatic carbocycles. The van der Waals surface area contributed by atoms with Gasteiger partial charge < -0.3 is 15.4 Å². The summed E-state index contributed by atoms with van der Waals surface area (Å²) in [5, 5.41) is 5.59. The van der Waals surface area contributed by atoms with Gasteiger partial charge in [-0.05, 0) is 60.9 Å². The van der Waals surface area contributed by atoms with Crippen LogP contribution in [-0.2, 0) is 9.59 Å². The van der Waals surface area contributed by atoms with Gasteiger partial charge in [0.15, 0.2) is 6.10 Å². The molecule has 29 heavy (non-hydrogen) atoms. The normalized spacial score (nSPS) is 11.4. The summed E-state index contributed by atoms with van der Waals surface area (Å²) in [5.41, 5.74) is 4.45. The number of nitrogens with one attached hydrogen (secondary N) is 2. The van der Waals surface area contributed by atoms with Crippen molar-refractivity contribution in [2.45, 2.75) is 26.9 Å². The van der Waals surface area contributed by atoms with Crippen LogP contribution in [0.5, 0.6) is 5.75 Å². The highest BCUT2D eigenvalue weighted by atomic mass is 16.5. The third kappa shape index (κ3) is 5.45. The van der Waals surface area contributed by atoms with Crippen LogP contribution >= 0.6 is 0 Å². The molecule has 5 nitrogen and oxygen atoms in total. The topological polar surface area (TPSA) is 67.4 Å². The fourth-order valence-corrected chi connectivity index (χ4v) is 2.93. The minimum Gasteiger partial charge on any atom is -0.481 e. The van der Waals surface area contributed by atoms with E-state index < -0.39 is 6.10 Å². The molecule has 3 aromatic rings. The predicted octanol–water partition coefficient (Wildman–Crippen LogP) is 5.03. The van der Waals surface area contributed by atoms with Gasteiger partial charge >= 0.3 is 0 Å². The summed E-state index contributed by atoms with van der Waals surface area (Å²) in [6.45, 7) is 5.04. The van der Waals surface area contributed by atoms with Gasteiger partial charge in [0.05, 0.1) is 0 Å². The fourth-order valence-electron chi connectivity index (χ4n) is 2.93. The van der Waals surface area contributed by atoms with Gasteiger partial charge in [-0.25, -0.2) is 0 Å². The Balaban J connectivity index is 1.60. The zero-order chi connectivity index (χ0) is 20.8. The van der Waals surface area contributed by atoms with Crippen LogP contribution in [0, 0.1) is 6.92 Å². The third-order valence-corrected chi connectivity index (χ3v) is 4.45. The number of anilines is 2. The van der Waals surface area contributed by atoms with Crippen LogP contribution in [0.25, 0.3) is 11.1 Å². The lowest BCUT2D eigenvalue weighted by Gasteiger charge is -2.16. The Hall–Kier alpha value is -3.60. The van der Waals surface area contributed by atoms with Crippen molar-refractivity contribution in [3.8, 4) is 16.9 Å². The molecule has 0 aliphatic carbocycles. The second-order valence-corrected chi connectivity index (χ2v) is 6.85.